The number of imidazole rings is 1. The first-order valence-electron chi connectivity index (χ1n) is 21.4. The van der Waals surface area contributed by atoms with Crippen LogP contribution in [0.1, 0.15) is 121 Å². The van der Waals surface area contributed by atoms with Crippen LogP contribution < -0.4 is 0 Å². The van der Waals surface area contributed by atoms with Crippen LogP contribution >= 0.6 is 0 Å². The molecule has 0 bridgehead atoms. The van der Waals surface area contributed by atoms with Gasteiger partial charge in [-0.1, -0.05) is 140 Å². The van der Waals surface area contributed by atoms with E-state index in [1.165, 1.54) is 78.5 Å². The molecule has 57 heavy (non-hydrogen) atoms. The van der Waals surface area contributed by atoms with Crippen molar-refractivity contribution in [1.82, 2.24) is 9.55 Å². The summed E-state index contributed by atoms with van der Waals surface area (Å²) in [5, 5.41) is 2.23. The molecule has 1 fully saturated rings. The number of hydrogen-bond acceptors (Lipinski definition) is 2. The van der Waals surface area contributed by atoms with Crippen molar-refractivity contribution in [2.45, 2.75) is 109 Å². The molecule has 0 aliphatic heterocycles. The topological polar surface area (TPSA) is 31.0 Å². The molecule has 1 saturated carbocycles. The molecule has 2 aromatic heterocycles. The minimum Gasteiger partial charge on any atom is -0.455 e. The van der Waals surface area contributed by atoms with Crippen molar-refractivity contribution in [3.8, 4) is 39.3 Å². The first-order valence-corrected chi connectivity index (χ1v) is 21.4. The van der Waals surface area contributed by atoms with Gasteiger partial charge in [-0.05, 0) is 135 Å². The Morgan fingerprint density at radius 3 is 2.04 bits per heavy atom. The monoisotopic (exact) mass is 746 g/mol. The third kappa shape index (κ3) is 5.87. The Hall–Kier alpha value is -5.41. The van der Waals surface area contributed by atoms with Gasteiger partial charge >= 0.3 is 0 Å². The molecule has 0 saturated heterocycles. The summed E-state index contributed by atoms with van der Waals surface area (Å²) in [7, 11) is 0. The van der Waals surface area contributed by atoms with Crippen LogP contribution in [0.25, 0.3) is 72.3 Å². The van der Waals surface area contributed by atoms with Gasteiger partial charge in [-0.25, -0.2) is 4.98 Å². The number of benzene rings is 6. The van der Waals surface area contributed by atoms with Crippen LogP contribution in [0.4, 0.5) is 0 Å². The molecule has 3 heteroatoms. The van der Waals surface area contributed by atoms with E-state index in [0.717, 1.165) is 49.9 Å². The summed E-state index contributed by atoms with van der Waals surface area (Å²) < 4.78 is 9.33. The zero-order valence-corrected chi connectivity index (χ0v) is 34.5. The molecule has 2 aliphatic carbocycles. The lowest BCUT2D eigenvalue weighted by molar-refractivity contribution is 0.222. The largest absolute Gasteiger partial charge is 0.455 e. The van der Waals surface area contributed by atoms with Crippen molar-refractivity contribution in [1.29, 1.82) is 0 Å². The van der Waals surface area contributed by atoms with E-state index in [-0.39, 0.29) is 17.3 Å². The van der Waals surface area contributed by atoms with Gasteiger partial charge in [0, 0.05) is 10.8 Å². The Kier molecular flexibility index (Phi) is 8.59. The normalized spacial score (nSPS) is 16.4. The Bertz CT molecular complexity index is 2780. The average molecular weight is 747 g/mol. The zero-order chi connectivity index (χ0) is 39.1. The van der Waals surface area contributed by atoms with Crippen LogP contribution in [0, 0.1) is 0 Å². The summed E-state index contributed by atoms with van der Waals surface area (Å²) in [5.74, 6) is 1.48. The fourth-order valence-corrected chi connectivity index (χ4v) is 10.5. The Balaban J connectivity index is 1.19. The van der Waals surface area contributed by atoms with Crippen molar-refractivity contribution >= 4 is 33.0 Å². The molecule has 2 heterocycles. The maximum atomic E-state index is 6.87. The molecule has 0 amide bonds. The van der Waals surface area contributed by atoms with E-state index in [0.29, 0.717) is 5.41 Å². The van der Waals surface area contributed by atoms with Gasteiger partial charge in [0.1, 0.15) is 17.0 Å². The third-order valence-electron chi connectivity index (χ3n) is 13.7. The maximum absolute atomic E-state index is 6.87. The summed E-state index contributed by atoms with van der Waals surface area (Å²) in [5.41, 5.74) is 17.5. The second kappa shape index (κ2) is 13.6. The van der Waals surface area contributed by atoms with Gasteiger partial charge in [0.15, 0.2) is 0 Å². The van der Waals surface area contributed by atoms with E-state index in [1.54, 1.807) is 11.1 Å². The highest BCUT2D eigenvalue weighted by molar-refractivity contribution is 6.10. The van der Waals surface area contributed by atoms with Crippen LogP contribution in [0.5, 0.6) is 0 Å². The van der Waals surface area contributed by atoms with Crippen molar-refractivity contribution in [3.05, 3.63) is 144 Å². The number of furan rings is 1. The van der Waals surface area contributed by atoms with Crippen LogP contribution in [-0.2, 0) is 10.8 Å². The highest BCUT2D eigenvalue weighted by Crippen LogP contribution is 2.53. The summed E-state index contributed by atoms with van der Waals surface area (Å²) >= 11 is 0. The van der Waals surface area contributed by atoms with Gasteiger partial charge in [-0.3, -0.25) is 4.57 Å². The molecule has 0 atom stereocenters. The van der Waals surface area contributed by atoms with E-state index < -0.39 is 0 Å². The van der Waals surface area contributed by atoms with Crippen LogP contribution in [0.3, 0.4) is 0 Å². The maximum Gasteiger partial charge on any atom is 0.149 e. The number of hydrogen-bond donors (Lipinski definition) is 0. The van der Waals surface area contributed by atoms with Gasteiger partial charge in [0.05, 0.1) is 22.3 Å². The van der Waals surface area contributed by atoms with E-state index in [9.17, 15) is 0 Å². The summed E-state index contributed by atoms with van der Waals surface area (Å²) in [6.07, 6.45) is 9.33. The van der Waals surface area contributed by atoms with E-state index in [2.05, 4.69) is 167 Å². The molecule has 0 radical (unpaired) electrons. The predicted molar refractivity (Wildman–Crippen MR) is 240 cm³/mol. The van der Waals surface area contributed by atoms with Crippen molar-refractivity contribution < 1.29 is 4.42 Å². The number of para-hydroxylation sites is 3. The van der Waals surface area contributed by atoms with Gasteiger partial charge < -0.3 is 4.42 Å². The van der Waals surface area contributed by atoms with Crippen molar-refractivity contribution in [2.75, 3.05) is 0 Å². The van der Waals surface area contributed by atoms with Gasteiger partial charge in [0.25, 0.3) is 0 Å². The van der Waals surface area contributed by atoms with Crippen molar-refractivity contribution in [2.24, 2.45) is 0 Å². The Labute approximate surface area is 337 Å². The lowest BCUT2D eigenvalue weighted by Gasteiger charge is -2.48. The number of aromatic nitrogens is 2. The lowest BCUT2D eigenvalue weighted by Crippen LogP contribution is -2.39. The molecule has 1 spiro atoms. The van der Waals surface area contributed by atoms with Crippen LogP contribution in [0.15, 0.2) is 126 Å². The molecule has 286 valence electrons. The first kappa shape index (κ1) is 36.0. The molecule has 6 aromatic carbocycles. The fourth-order valence-electron chi connectivity index (χ4n) is 10.5. The van der Waals surface area contributed by atoms with E-state index in [4.69, 9.17) is 9.40 Å². The number of nitrogens with zero attached hydrogens (tertiary/aromatic N) is 2. The Morgan fingerprint density at radius 2 is 1.28 bits per heavy atom. The van der Waals surface area contributed by atoms with E-state index in [1.807, 2.05) is 0 Å². The Morgan fingerprint density at radius 1 is 0.579 bits per heavy atom. The van der Waals surface area contributed by atoms with Crippen molar-refractivity contribution in [3.63, 3.8) is 0 Å². The second-order valence-corrected chi connectivity index (χ2v) is 18.4. The smallest absolute Gasteiger partial charge is 0.149 e. The minimum absolute atomic E-state index is 0.207. The summed E-state index contributed by atoms with van der Waals surface area (Å²) in [6.45, 7) is 14.3. The average Bonchev–Trinajstić information content (AvgIpc) is 3.81. The summed E-state index contributed by atoms with van der Waals surface area (Å²) in [4.78, 5) is 5.44. The van der Waals surface area contributed by atoms with Gasteiger partial charge in [-0.2, -0.15) is 0 Å². The molecule has 0 unspecified atom stereocenters. The first-order chi connectivity index (χ1) is 27.6. The van der Waals surface area contributed by atoms with Gasteiger partial charge in [-0.15, -0.1) is 0 Å². The minimum atomic E-state index is 0.207. The molecule has 10 rings (SSSR count). The highest BCUT2D eigenvalue weighted by Gasteiger charge is 2.43. The fraction of sp³-hybridized carbons (Fsp3) is 0.315. The molecular weight excluding hydrogens is 693 g/mol. The quantitative estimate of drug-likeness (QED) is 0.170. The predicted octanol–water partition coefficient (Wildman–Crippen LogP) is 15.4. The zero-order valence-electron chi connectivity index (χ0n) is 34.5. The second-order valence-electron chi connectivity index (χ2n) is 18.4. The molecule has 0 N–H and O–H groups in total. The molecular formula is C54H54N2O. The SMILES string of the molecule is CC(C)c1cc(-c2ccc3c(c2)C2(CCCCC2)CCC3(C)C)cc(C(C)C)c1-n1c(-c2cccc3c2oc2cc(-c4ccccc4)ccc23)nc2ccccc21. The number of fused-ring (bicyclic) bond motifs is 6. The lowest BCUT2D eigenvalue weighted by atomic mass is 9.57. The van der Waals surface area contributed by atoms with Crippen LogP contribution in [0.2, 0.25) is 0 Å². The van der Waals surface area contributed by atoms with Gasteiger partial charge in [0.2, 0.25) is 0 Å². The molecule has 8 aromatic rings. The number of rotatable bonds is 6. The van der Waals surface area contributed by atoms with Crippen LogP contribution in [-0.4, -0.2) is 9.55 Å². The molecule has 3 nitrogen and oxygen atoms in total. The standard InChI is InChI=1S/C54H54N2O/c1-34(2)43-30-39(37-23-25-45-46(32-37)54(26-13-8-14-27-54)29-28-53(45,5)6)31-44(35(3)4)50(43)56-48-21-12-11-20-47(48)55-52(56)42-19-15-18-41-40-24-22-38(33-49(40)57-51(41)42)36-16-9-7-10-17-36/h7,9-12,15-25,30-35H,8,13-14,26-29H2,1-6H3. The summed E-state index contributed by atoms with van der Waals surface area (Å²) in [6, 6.07) is 44.8. The third-order valence-corrected chi connectivity index (χ3v) is 13.7. The molecule has 2 aliphatic rings. The highest BCUT2D eigenvalue weighted by atomic mass is 16.3. The van der Waals surface area contributed by atoms with E-state index >= 15 is 0 Å².